The number of benzene rings is 1. The van der Waals surface area contributed by atoms with Crippen molar-refractivity contribution in [1.82, 2.24) is 0 Å². The Kier molecular flexibility index (Phi) is 3.52. The number of fused-ring (bicyclic) bond motifs is 1. The quantitative estimate of drug-likeness (QED) is 0.702. The van der Waals surface area contributed by atoms with E-state index in [1.165, 1.54) is 18.2 Å². The van der Waals surface area contributed by atoms with E-state index in [-0.39, 0.29) is 5.69 Å². The average molecular weight is 286 g/mol. The topological polar surface area (TPSA) is 96.0 Å². The van der Waals surface area contributed by atoms with Gasteiger partial charge in [0, 0.05) is 6.07 Å². The summed E-state index contributed by atoms with van der Waals surface area (Å²) >= 11 is 0. The van der Waals surface area contributed by atoms with Gasteiger partial charge >= 0.3 is 0 Å². The monoisotopic (exact) mass is 286 g/mol. The standard InChI is InChI=1S/C11H13NO6S/c1-19(15,16)12(7-11(13)14)8-2-3-9-10(6-8)18-5-4-17-9/h2-3,6H,4-5,7H2,1H3,(H,13,14)/p-1. The van der Waals surface area contributed by atoms with E-state index in [0.717, 1.165) is 10.6 Å². The van der Waals surface area contributed by atoms with Gasteiger partial charge in [-0.3, -0.25) is 4.31 Å². The molecule has 0 fully saturated rings. The Hall–Kier alpha value is -1.96. The van der Waals surface area contributed by atoms with Gasteiger partial charge in [0.25, 0.3) is 0 Å². The van der Waals surface area contributed by atoms with Crippen LogP contribution >= 0.6 is 0 Å². The lowest BCUT2D eigenvalue weighted by Crippen LogP contribution is -2.41. The van der Waals surface area contributed by atoms with Crippen molar-refractivity contribution in [3.8, 4) is 11.5 Å². The summed E-state index contributed by atoms with van der Waals surface area (Å²) in [7, 11) is -3.72. The molecule has 0 spiro atoms. The van der Waals surface area contributed by atoms with Crippen LogP contribution in [0.1, 0.15) is 0 Å². The van der Waals surface area contributed by atoms with Crippen LogP contribution in [0.5, 0.6) is 11.5 Å². The normalized spacial score (nSPS) is 13.9. The SMILES string of the molecule is CS(=O)(=O)N(CC(=O)[O-])c1ccc2c(c1)OCCO2. The van der Waals surface area contributed by atoms with Crippen LogP contribution in [0, 0.1) is 0 Å². The van der Waals surface area contributed by atoms with Crippen molar-refractivity contribution in [2.75, 3.05) is 30.3 Å². The Morgan fingerprint density at radius 3 is 2.53 bits per heavy atom. The molecule has 0 saturated heterocycles. The van der Waals surface area contributed by atoms with Crippen LogP contribution in [-0.4, -0.2) is 40.4 Å². The second kappa shape index (κ2) is 4.96. The first-order valence-corrected chi connectivity index (χ1v) is 7.30. The number of sulfonamides is 1. The van der Waals surface area contributed by atoms with Crippen LogP contribution in [0.2, 0.25) is 0 Å². The number of hydrogen-bond acceptors (Lipinski definition) is 6. The van der Waals surface area contributed by atoms with Gasteiger partial charge in [0.15, 0.2) is 11.5 Å². The molecule has 7 nitrogen and oxygen atoms in total. The van der Waals surface area contributed by atoms with E-state index in [9.17, 15) is 18.3 Å². The summed E-state index contributed by atoms with van der Waals surface area (Å²) in [6.45, 7) is 0.0233. The zero-order valence-corrected chi connectivity index (χ0v) is 11.0. The van der Waals surface area contributed by atoms with Gasteiger partial charge in [0.1, 0.15) is 13.2 Å². The number of carbonyl (C=O) groups excluding carboxylic acids is 1. The molecule has 0 unspecified atom stereocenters. The Bertz CT molecular complexity index is 597. The zero-order chi connectivity index (χ0) is 14.0. The molecule has 0 aliphatic carbocycles. The Balaban J connectivity index is 2.39. The third kappa shape index (κ3) is 3.08. The maximum absolute atomic E-state index is 11.6. The molecule has 2 rings (SSSR count). The van der Waals surface area contributed by atoms with Gasteiger partial charge in [-0.15, -0.1) is 0 Å². The molecule has 0 aromatic heterocycles. The summed E-state index contributed by atoms with van der Waals surface area (Å²) in [4.78, 5) is 10.6. The van der Waals surface area contributed by atoms with Crippen molar-refractivity contribution < 1.29 is 27.8 Å². The number of carboxylic acid groups (broad SMARTS) is 1. The van der Waals surface area contributed by atoms with Crippen molar-refractivity contribution in [3.63, 3.8) is 0 Å². The molecule has 0 saturated carbocycles. The highest BCUT2D eigenvalue weighted by Crippen LogP contribution is 2.34. The van der Waals surface area contributed by atoms with E-state index in [0.29, 0.717) is 24.7 Å². The molecule has 19 heavy (non-hydrogen) atoms. The molecule has 0 N–H and O–H groups in total. The minimum absolute atomic E-state index is 0.191. The van der Waals surface area contributed by atoms with E-state index in [4.69, 9.17) is 9.47 Å². The summed E-state index contributed by atoms with van der Waals surface area (Å²) in [5.41, 5.74) is 0.191. The molecule has 1 aromatic carbocycles. The molecule has 0 radical (unpaired) electrons. The largest absolute Gasteiger partial charge is 0.548 e. The maximum Gasteiger partial charge on any atom is 0.232 e. The van der Waals surface area contributed by atoms with Crippen LogP contribution < -0.4 is 18.9 Å². The number of nitrogens with zero attached hydrogens (tertiary/aromatic N) is 1. The second-order valence-electron chi connectivity index (χ2n) is 3.97. The first-order valence-electron chi connectivity index (χ1n) is 5.45. The maximum atomic E-state index is 11.6. The van der Waals surface area contributed by atoms with Crippen LogP contribution in [-0.2, 0) is 14.8 Å². The van der Waals surface area contributed by atoms with E-state index in [1.54, 1.807) is 0 Å². The van der Waals surface area contributed by atoms with Gasteiger partial charge in [-0.05, 0) is 12.1 Å². The first kappa shape index (κ1) is 13.5. The first-order chi connectivity index (χ1) is 8.88. The van der Waals surface area contributed by atoms with Crippen molar-refractivity contribution in [2.24, 2.45) is 0 Å². The van der Waals surface area contributed by atoms with E-state index in [2.05, 4.69) is 0 Å². The predicted molar refractivity (Wildman–Crippen MR) is 64.6 cm³/mol. The second-order valence-corrected chi connectivity index (χ2v) is 5.88. The molecule has 0 atom stereocenters. The number of ether oxygens (including phenoxy) is 2. The Labute approximate surface area is 110 Å². The van der Waals surface area contributed by atoms with Crippen molar-refractivity contribution in [2.45, 2.75) is 0 Å². The van der Waals surface area contributed by atoms with E-state index < -0.39 is 22.5 Å². The van der Waals surface area contributed by atoms with Crippen LogP contribution in [0.4, 0.5) is 5.69 Å². The fourth-order valence-corrected chi connectivity index (χ4v) is 2.54. The minimum atomic E-state index is -3.72. The summed E-state index contributed by atoms with van der Waals surface area (Å²) in [6, 6.07) is 4.42. The Morgan fingerprint density at radius 1 is 1.32 bits per heavy atom. The fourth-order valence-electron chi connectivity index (χ4n) is 1.70. The number of aliphatic carboxylic acids is 1. The van der Waals surface area contributed by atoms with Crippen molar-refractivity contribution >= 4 is 21.7 Å². The Morgan fingerprint density at radius 2 is 1.95 bits per heavy atom. The van der Waals surface area contributed by atoms with Gasteiger partial charge in [-0.2, -0.15) is 0 Å². The molecule has 104 valence electrons. The third-order valence-electron chi connectivity index (χ3n) is 2.49. The van der Waals surface area contributed by atoms with Crippen molar-refractivity contribution in [1.29, 1.82) is 0 Å². The number of anilines is 1. The van der Waals surface area contributed by atoms with Crippen molar-refractivity contribution in [3.05, 3.63) is 18.2 Å². The number of rotatable bonds is 4. The highest BCUT2D eigenvalue weighted by Gasteiger charge is 2.20. The highest BCUT2D eigenvalue weighted by atomic mass is 32.2. The smallest absolute Gasteiger partial charge is 0.232 e. The third-order valence-corrected chi connectivity index (χ3v) is 3.63. The van der Waals surface area contributed by atoms with Gasteiger partial charge in [-0.1, -0.05) is 0 Å². The molecule has 1 heterocycles. The van der Waals surface area contributed by atoms with Gasteiger partial charge in [-0.25, -0.2) is 8.42 Å². The number of hydrogen-bond donors (Lipinski definition) is 0. The predicted octanol–water partition coefficient (Wildman–Crippen LogP) is -1.03. The van der Waals surface area contributed by atoms with Crippen LogP contribution in [0.25, 0.3) is 0 Å². The molecule has 0 amide bonds. The molecular formula is C11H12NO6S-. The zero-order valence-electron chi connectivity index (χ0n) is 10.2. The van der Waals surface area contributed by atoms with E-state index in [1.807, 2.05) is 0 Å². The number of carboxylic acids is 1. The lowest BCUT2D eigenvalue weighted by molar-refractivity contribution is -0.303. The summed E-state index contributed by atoms with van der Waals surface area (Å²) in [6.07, 6.45) is 0.923. The summed E-state index contributed by atoms with van der Waals surface area (Å²) in [5.74, 6) is -0.604. The summed E-state index contributed by atoms with van der Waals surface area (Å²) in [5, 5.41) is 10.6. The molecule has 8 heteroatoms. The summed E-state index contributed by atoms with van der Waals surface area (Å²) < 4.78 is 34.6. The van der Waals surface area contributed by atoms with Crippen LogP contribution in [0.15, 0.2) is 18.2 Å². The molecule has 0 bridgehead atoms. The number of carbonyl (C=O) groups is 1. The minimum Gasteiger partial charge on any atom is -0.548 e. The van der Waals surface area contributed by atoms with Gasteiger partial charge in [0.2, 0.25) is 10.0 Å². The molecular weight excluding hydrogens is 274 g/mol. The highest BCUT2D eigenvalue weighted by molar-refractivity contribution is 7.92. The average Bonchev–Trinajstić information content (AvgIpc) is 2.34. The van der Waals surface area contributed by atoms with E-state index >= 15 is 0 Å². The molecule has 1 aliphatic rings. The fraction of sp³-hybridized carbons (Fsp3) is 0.364. The van der Waals surface area contributed by atoms with Gasteiger partial charge < -0.3 is 19.4 Å². The lowest BCUT2D eigenvalue weighted by Gasteiger charge is -2.25. The molecule has 1 aromatic rings. The molecule has 1 aliphatic heterocycles. The van der Waals surface area contributed by atoms with Gasteiger partial charge in [0.05, 0.1) is 24.5 Å². The lowest BCUT2D eigenvalue weighted by atomic mass is 10.2. The van der Waals surface area contributed by atoms with Crippen LogP contribution in [0.3, 0.4) is 0 Å².